The zero-order chi connectivity index (χ0) is 41.0. The van der Waals surface area contributed by atoms with Gasteiger partial charge in [0.15, 0.2) is 0 Å². The van der Waals surface area contributed by atoms with E-state index in [1.165, 1.54) is 96.6 Å². The van der Waals surface area contributed by atoms with Crippen molar-refractivity contribution in [1.29, 1.82) is 0 Å². The van der Waals surface area contributed by atoms with Crippen molar-refractivity contribution in [1.82, 2.24) is 30.7 Å². The average molecular weight is 813 g/mol. The minimum atomic E-state index is -4.86. The van der Waals surface area contributed by atoms with E-state index in [0.29, 0.717) is 0 Å². The summed E-state index contributed by atoms with van der Waals surface area (Å²) in [5.74, 6) is 0. The van der Waals surface area contributed by atoms with E-state index >= 15 is 0 Å². The van der Waals surface area contributed by atoms with Crippen LogP contribution in [0.15, 0.2) is 47.1 Å². The van der Waals surface area contributed by atoms with Gasteiger partial charge in [0.05, 0.1) is 11.4 Å². The van der Waals surface area contributed by atoms with Crippen molar-refractivity contribution in [3.63, 3.8) is 0 Å². The Kier molecular flexibility index (Phi) is 29.3. The van der Waals surface area contributed by atoms with Crippen LogP contribution in [0.5, 0.6) is 0 Å². The van der Waals surface area contributed by atoms with Gasteiger partial charge >= 0.3 is 33.2 Å². The zero-order valence-corrected chi connectivity index (χ0v) is 34.0. The quantitative estimate of drug-likeness (QED) is 0.160. The number of alkyl halides is 6. The maximum atomic E-state index is 11.4. The van der Waals surface area contributed by atoms with Gasteiger partial charge in [0, 0.05) is 82.5 Å². The van der Waals surface area contributed by atoms with E-state index in [9.17, 15) is 34.8 Å². The predicted octanol–water partition coefficient (Wildman–Crippen LogP) is 6.00. The second-order valence-electron chi connectivity index (χ2n) is 12.4. The van der Waals surface area contributed by atoms with E-state index in [-0.39, 0.29) is 11.4 Å². The molecule has 4 rings (SSSR count). The molecule has 20 heteroatoms. The van der Waals surface area contributed by atoms with Gasteiger partial charge in [-0.25, -0.2) is 8.42 Å². The lowest BCUT2D eigenvalue weighted by Gasteiger charge is -2.37. The summed E-state index contributed by atoms with van der Waals surface area (Å²) in [5.41, 5.74) is -5.61. The molecule has 12 nitrogen and oxygen atoms in total. The third-order valence-electron chi connectivity index (χ3n) is 6.87. The molecule has 2 atom stereocenters. The van der Waals surface area contributed by atoms with Crippen LogP contribution in [0, 0.1) is 0 Å². The normalized spacial score (nSPS) is 17.7. The van der Waals surface area contributed by atoms with Gasteiger partial charge in [0.2, 0.25) is 0 Å². The van der Waals surface area contributed by atoms with Gasteiger partial charge in [-0.2, -0.15) is 26.3 Å². The van der Waals surface area contributed by atoms with E-state index in [0.717, 1.165) is 52.4 Å². The van der Waals surface area contributed by atoms with Crippen LogP contribution >= 0.6 is 0 Å². The number of nitrogens with zero attached hydrogens (tertiary/aromatic N) is 5. The van der Waals surface area contributed by atoms with Gasteiger partial charge in [0.1, 0.15) is 0 Å². The number of nitrogens with one attached hydrogen (secondary N) is 3. The number of hydrogen-bond acceptors (Lipinski definition) is 12. The van der Waals surface area contributed by atoms with E-state index in [2.05, 4.69) is 90.0 Å². The molecule has 312 valence electrons. The van der Waals surface area contributed by atoms with E-state index in [1.807, 2.05) is 0 Å². The summed E-state index contributed by atoms with van der Waals surface area (Å²) in [6, 6.07) is 0. The fourth-order valence-electron chi connectivity index (χ4n) is 4.10. The first-order valence-corrected chi connectivity index (χ1v) is 19.4. The molecule has 4 aliphatic heterocycles. The lowest BCUT2D eigenvalue weighted by molar-refractivity contribution is -0.0477. The number of rotatable bonds is 7. The number of likely N-dealkylation sites (tertiary alicyclic amines) is 1. The molecule has 4 heterocycles. The van der Waals surface area contributed by atoms with Gasteiger partial charge in [0.25, 0.3) is 0 Å². The molecule has 3 N–H and O–H groups in total. The molecule has 0 radical (unpaired) electrons. The van der Waals surface area contributed by atoms with Crippen molar-refractivity contribution in [2.24, 2.45) is 10.3 Å². The molecule has 0 bridgehead atoms. The van der Waals surface area contributed by atoms with Gasteiger partial charge in [-0.05, 0) is 87.2 Å². The molecule has 0 aromatic rings. The van der Waals surface area contributed by atoms with Crippen molar-refractivity contribution in [2.45, 2.75) is 85.2 Å². The lowest BCUT2D eigenvalue weighted by Crippen LogP contribution is -2.44. The zero-order valence-electron chi connectivity index (χ0n) is 32.4. The summed E-state index contributed by atoms with van der Waals surface area (Å²) in [6.45, 7) is 37.5. The van der Waals surface area contributed by atoms with Crippen LogP contribution in [0.25, 0.3) is 0 Å². The van der Waals surface area contributed by atoms with Gasteiger partial charge in [-0.1, -0.05) is 30.0 Å². The molecule has 2 unspecified atom stereocenters. The summed E-state index contributed by atoms with van der Waals surface area (Å²) in [7, 11) is 0. The summed E-state index contributed by atoms with van der Waals surface area (Å²) in [5, 5.41) is 15.4. The fourth-order valence-corrected chi connectivity index (χ4v) is 4.70. The highest BCUT2D eigenvalue weighted by Gasteiger charge is 2.41. The van der Waals surface area contributed by atoms with Crippen molar-refractivity contribution in [3.8, 4) is 0 Å². The Labute approximate surface area is 317 Å². The SMILES string of the molecule is C1CCNC1.C1CNCCN1.C=C(C)N1CCCC1.C=C(C)N1CCN(C(=C)C)CC1.CC(C)=NOS(=O)C(F)(F)F.CC(C)=NOS(=O)C(F)(F)F. The molecular formula is C33H62F6N8O4S2. The van der Waals surface area contributed by atoms with Crippen LogP contribution in [0.2, 0.25) is 0 Å². The second-order valence-corrected chi connectivity index (χ2v) is 14.6. The standard InChI is InChI=1S/C10H18N2.C7H13N.2C4H6F3NO2S.C4H10N2.C4H9N/c1-9(2)11-5-7-12(8-6-11)10(3)4;1-7(2)8-5-3-4-6-8;2*1-3(2)8-10-11(9)4(5,6)7;1-2-6-4-3-5-1;1-2-4-5-3-1/h1,3,5-8H2,2,4H3;1,3-6H2,2H3;2*1-2H3;5-6H,1-4H2;5H,1-4H2. The molecule has 0 aliphatic carbocycles. The number of allylic oxidation sites excluding steroid dienone is 3. The smallest absolute Gasteiger partial charge is 0.376 e. The predicted molar refractivity (Wildman–Crippen MR) is 204 cm³/mol. The molecule has 53 heavy (non-hydrogen) atoms. The first-order chi connectivity index (χ1) is 24.6. The number of halogens is 6. The molecular weight excluding hydrogens is 751 g/mol. The monoisotopic (exact) mass is 812 g/mol. The highest BCUT2D eigenvalue weighted by Crippen LogP contribution is 2.21. The maximum absolute atomic E-state index is 11.4. The molecule has 0 aromatic carbocycles. The number of oxime groups is 2. The fraction of sp³-hybridized carbons (Fsp3) is 0.758. The molecule has 0 spiro atoms. The Balaban J connectivity index is 0. The molecule has 4 saturated heterocycles. The van der Waals surface area contributed by atoms with Crippen LogP contribution < -0.4 is 16.0 Å². The second kappa shape index (κ2) is 29.6. The molecule has 0 saturated carbocycles. The van der Waals surface area contributed by atoms with Crippen LogP contribution in [0.3, 0.4) is 0 Å². The van der Waals surface area contributed by atoms with E-state index in [4.69, 9.17) is 0 Å². The van der Waals surface area contributed by atoms with Crippen LogP contribution in [0.4, 0.5) is 26.3 Å². The van der Waals surface area contributed by atoms with Crippen LogP contribution in [-0.4, -0.2) is 124 Å². The van der Waals surface area contributed by atoms with Crippen molar-refractivity contribution < 1.29 is 43.3 Å². The van der Waals surface area contributed by atoms with Crippen LogP contribution in [-0.2, 0) is 30.7 Å². The topological polar surface area (TPSA) is 123 Å². The van der Waals surface area contributed by atoms with Crippen molar-refractivity contribution in [3.05, 3.63) is 36.8 Å². The third kappa shape index (κ3) is 31.4. The van der Waals surface area contributed by atoms with E-state index < -0.39 is 33.2 Å². The largest absolute Gasteiger partial charge is 0.510 e. The Morgan fingerprint density at radius 2 is 0.774 bits per heavy atom. The average Bonchev–Trinajstić information content (AvgIpc) is 3.86. The molecule has 0 aromatic heterocycles. The highest BCUT2D eigenvalue weighted by atomic mass is 32.2. The molecule has 0 amide bonds. The summed E-state index contributed by atoms with van der Waals surface area (Å²) >= 11 is -6.69. The summed E-state index contributed by atoms with van der Waals surface area (Å²) in [6.07, 6.45) is 5.49. The number of hydrogen-bond donors (Lipinski definition) is 3. The Hall–Kier alpha value is -2.68. The molecule has 4 aliphatic rings. The number of piperazine rings is 2. The van der Waals surface area contributed by atoms with Crippen molar-refractivity contribution in [2.75, 3.05) is 78.5 Å². The van der Waals surface area contributed by atoms with Crippen LogP contribution in [0.1, 0.15) is 74.1 Å². The molecule has 4 fully saturated rings. The lowest BCUT2D eigenvalue weighted by atomic mass is 10.3. The highest BCUT2D eigenvalue weighted by molar-refractivity contribution is 7.81. The van der Waals surface area contributed by atoms with Gasteiger partial charge in [-0.3, -0.25) is 8.57 Å². The first kappa shape index (κ1) is 52.4. The minimum absolute atomic E-state index is 0.266. The first-order valence-electron chi connectivity index (χ1n) is 17.3. The summed E-state index contributed by atoms with van der Waals surface area (Å²) in [4.78, 5) is 6.97. The maximum Gasteiger partial charge on any atom is 0.510 e. The van der Waals surface area contributed by atoms with Gasteiger partial charge < -0.3 is 30.7 Å². The van der Waals surface area contributed by atoms with Crippen molar-refractivity contribution >= 4 is 33.6 Å². The third-order valence-corrected chi connectivity index (χ3v) is 8.05. The Morgan fingerprint density at radius 3 is 0.943 bits per heavy atom. The minimum Gasteiger partial charge on any atom is -0.376 e. The van der Waals surface area contributed by atoms with Gasteiger partial charge in [-0.15, -0.1) is 0 Å². The Morgan fingerprint density at radius 1 is 0.509 bits per heavy atom. The summed E-state index contributed by atoms with van der Waals surface area (Å²) < 4.78 is 95.7. The van der Waals surface area contributed by atoms with E-state index in [1.54, 1.807) is 0 Å². The Bertz CT molecular complexity index is 1060.